The SMILES string of the molecule is C[C@](N)(CCC(=O)O)c1nc2ccccc2[nH]1. The topological polar surface area (TPSA) is 92.0 Å². The van der Waals surface area contributed by atoms with E-state index >= 15 is 0 Å². The van der Waals surface area contributed by atoms with Gasteiger partial charge in [-0.25, -0.2) is 4.98 Å². The Morgan fingerprint density at radius 2 is 2.24 bits per heavy atom. The van der Waals surface area contributed by atoms with Crippen LogP contribution in [0.5, 0.6) is 0 Å². The molecule has 5 nitrogen and oxygen atoms in total. The molecular formula is C12H15N3O2. The molecule has 0 aliphatic rings. The number of aliphatic carboxylic acids is 1. The van der Waals surface area contributed by atoms with Crippen LogP contribution in [0.2, 0.25) is 0 Å². The summed E-state index contributed by atoms with van der Waals surface area (Å²) in [7, 11) is 0. The van der Waals surface area contributed by atoms with Gasteiger partial charge in [-0.15, -0.1) is 0 Å². The number of para-hydroxylation sites is 2. The first kappa shape index (κ1) is 11.6. The molecule has 0 spiro atoms. The fraction of sp³-hybridized carbons (Fsp3) is 0.333. The first-order valence-electron chi connectivity index (χ1n) is 5.45. The lowest BCUT2D eigenvalue weighted by molar-refractivity contribution is -0.137. The normalized spacial score (nSPS) is 14.7. The molecule has 0 bridgehead atoms. The van der Waals surface area contributed by atoms with Crippen molar-refractivity contribution in [3.63, 3.8) is 0 Å². The molecule has 0 amide bonds. The molecule has 0 saturated carbocycles. The van der Waals surface area contributed by atoms with Gasteiger partial charge in [0, 0.05) is 6.42 Å². The number of carboxylic acids is 1. The summed E-state index contributed by atoms with van der Waals surface area (Å²) < 4.78 is 0. The zero-order chi connectivity index (χ0) is 12.5. The molecule has 5 heteroatoms. The Morgan fingerprint density at radius 3 is 2.88 bits per heavy atom. The fourth-order valence-electron chi connectivity index (χ4n) is 1.71. The van der Waals surface area contributed by atoms with E-state index in [1.807, 2.05) is 24.3 Å². The van der Waals surface area contributed by atoms with Crippen LogP contribution in [0.3, 0.4) is 0 Å². The van der Waals surface area contributed by atoms with Crippen LogP contribution in [-0.2, 0) is 10.3 Å². The van der Waals surface area contributed by atoms with Gasteiger partial charge < -0.3 is 15.8 Å². The van der Waals surface area contributed by atoms with Crippen LogP contribution in [0.1, 0.15) is 25.6 Å². The van der Waals surface area contributed by atoms with Crippen molar-refractivity contribution in [2.24, 2.45) is 5.73 Å². The van der Waals surface area contributed by atoms with E-state index in [1.165, 1.54) is 0 Å². The Bertz CT molecular complexity index is 512. The van der Waals surface area contributed by atoms with Crippen molar-refractivity contribution in [1.82, 2.24) is 9.97 Å². The van der Waals surface area contributed by atoms with Crippen LogP contribution in [0, 0.1) is 0 Å². The molecule has 0 unspecified atom stereocenters. The number of nitrogens with two attached hydrogens (primary N) is 1. The Labute approximate surface area is 98.7 Å². The maximum atomic E-state index is 10.6. The largest absolute Gasteiger partial charge is 0.481 e. The standard InChI is InChI=1S/C12H15N3O2/c1-12(13,7-6-10(16)17)11-14-8-4-2-3-5-9(8)15-11/h2-5H,6-7,13H2,1H3,(H,14,15)(H,16,17)/t12-/m0/s1. The number of carboxylic acid groups (broad SMARTS) is 1. The summed E-state index contributed by atoms with van der Waals surface area (Å²) in [6.45, 7) is 1.79. The quantitative estimate of drug-likeness (QED) is 0.747. The zero-order valence-corrected chi connectivity index (χ0v) is 9.60. The molecule has 0 fully saturated rings. The molecule has 1 atom stereocenters. The highest BCUT2D eigenvalue weighted by Crippen LogP contribution is 2.23. The number of hydrogen-bond donors (Lipinski definition) is 3. The second kappa shape index (κ2) is 4.18. The van der Waals surface area contributed by atoms with E-state index in [-0.39, 0.29) is 6.42 Å². The summed E-state index contributed by atoms with van der Waals surface area (Å²) in [4.78, 5) is 18.1. The molecular weight excluding hydrogens is 218 g/mol. The van der Waals surface area contributed by atoms with Crippen LogP contribution < -0.4 is 5.73 Å². The summed E-state index contributed by atoms with van der Waals surface area (Å²) in [6, 6.07) is 7.62. The lowest BCUT2D eigenvalue weighted by Crippen LogP contribution is -2.34. The summed E-state index contributed by atoms with van der Waals surface area (Å²) in [6.07, 6.45) is 0.381. The first-order chi connectivity index (χ1) is 7.99. The number of carbonyl (C=O) groups is 1. The summed E-state index contributed by atoms with van der Waals surface area (Å²) in [5.41, 5.74) is 7.09. The van der Waals surface area contributed by atoms with Gasteiger partial charge in [-0.1, -0.05) is 12.1 Å². The minimum atomic E-state index is -0.849. The van der Waals surface area contributed by atoms with E-state index < -0.39 is 11.5 Å². The Hall–Kier alpha value is -1.88. The van der Waals surface area contributed by atoms with Crippen molar-refractivity contribution >= 4 is 17.0 Å². The van der Waals surface area contributed by atoms with Gasteiger partial charge in [0.2, 0.25) is 0 Å². The molecule has 1 aromatic carbocycles. The van der Waals surface area contributed by atoms with Gasteiger partial charge in [-0.05, 0) is 25.5 Å². The van der Waals surface area contributed by atoms with Crippen molar-refractivity contribution < 1.29 is 9.90 Å². The molecule has 90 valence electrons. The highest BCUT2D eigenvalue weighted by atomic mass is 16.4. The molecule has 0 radical (unpaired) electrons. The van der Waals surface area contributed by atoms with E-state index in [2.05, 4.69) is 9.97 Å². The van der Waals surface area contributed by atoms with Gasteiger partial charge in [0.25, 0.3) is 0 Å². The third-order valence-corrected chi connectivity index (χ3v) is 2.79. The molecule has 17 heavy (non-hydrogen) atoms. The zero-order valence-electron chi connectivity index (χ0n) is 9.60. The average molecular weight is 233 g/mol. The number of nitrogens with one attached hydrogen (secondary N) is 1. The third kappa shape index (κ3) is 2.45. The summed E-state index contributed by atoms with van der Waals surface area (Å²) in [5.74, 6) is -0.224. The van der Waals surface area contributed by atoms with Crippen molar-refractivity contribution in [2.45, 2.75) is 25.3 Å². The molecule has 0 aliphatic carbocycles. The number of fused-ring (bicyclic) bond motifs is 1. The second-order valence-corrected chi connectivity index (χ2v) is 4.41. The number of benzene rings is 1. The van der Waals surface area contributed by atoms with Gasteiger partial charge in [-0.3, -0.25) is 4.79 Å². The van der Waals surface area contributed by atoms with Gasteiger partial charge in [0.1, 0.15) is 5.82 Å². The predicted octanol–water partition coefficient (Wildman–Crippen LogP) is 1.60. The van der Waals surface area contributed by atoms with Crippen molar-refractivity contribution in [2.75, 3.05) is 0 Å². The minimum Gasteiger partial charge on any atom is -0.481 e. The van der Waals surface area contributed by atoms with Crippen molar-refractivity contribution in [3.05, 3.63) is 30.1 Å². The molecule has 2 rings (SSSR count). The molecule has 1 aromatic heterocycles. The maximum absolute atomic E-state index is 10.6. The van der Waals surface area contributed by atoms with E-state index in [1.54, 1.807) is 6.92 Å². The lowest BCUT2D eigenvalue weighted by atomic mass is 9.96. The summed E-state index contributed by atoms with van der Waals surface area (Å²) >= 11 is 0. The minimum absolute atomic E-state index is 0.0318. The van der Waals surface area contributed by atoms with Gasteiger partial charge in [-0.2, -0.15) is 0 Å². The van der Waals surface area contributed by atoms with E-state index in [0.717, 1.165) is 11.0 Å². The number of aromatic amines is 1. The van der Waals surface area contributed by atoms with Crippen molar-refractivity contribution in [1.29, 1.82) is 0 Å². The van der Waals surface area contributed by atoms with Crippen molar-refractivity contribution in [3.8, 4) is 0 Å². The van der Waals surface area contributed by atoms with Crippen LogP contribution in [-0.4, -0.2) is 21.0 Å². The number of rotatable bonds is 4. The monoisotopic (exact) mass is 233 g/mol. The predicted molar refractivity (Wildman–Crippen MR) is 64.5 cm³/mol. The first-order valence-corrected chi connectivity index (χ1v) is 5.45. The lowest BCUT2D eigenvalue weighted by Gasteiger charge is -2.20. The smallest absolute Gasteiger partial charge is 0.303 e. The van der Waals surface area contributed by atoms with Crippen LogP contribution in [0.25, 0.3) is 11.0 Å². The number of imidazole rings is 1. The van der Waals surface area contributed by atoms with Crippen LogP contribution in [0.4, 0.5) is 0 Å². The Morgan fingerprint density at radius 1 is 1.53 bits per heavy atom. The molecule has 0 saturated heterocycles. The van der Waals surface area contributed by atoms with Gasteiger partial charge in [0.05, 0.1) is 16.6 Å². The van der Waals surface area contributed by atoms with E-state index in [9.17, 15) is 4.79 Å². The Kier molecular flexibility index (Phi) is 2.85. The molecule has 0 aliphatic heterocycles. The highest BCUT2D eigenvalue weighted by molar-refractivity contribution is 5.75. The number of H-pyrrole nitrogens is 1. The van der Waals surface area contributed by atoms with Crippen LogP contribution >= 0.6 is 0 Å². The van der Waals surface area contributed by atoms with Gasteiger partial charge in [0.15, 0.2) is 0 Å². The number of aromatic nitrogens is 2. The Balaban J connectivity index is 2.28. The molecule has 1 heterocycles. The highest BCUT2D eigenvalue weighted by Gasteiger charge is 2.25. The summed E-state index contributed by atoms with van der Waals surface area (Å²) in [5, 5.41) is 8.68. The van der Waals surface area contributed by atoms with Gasteiger partial charge >= 0.3 is 5.97 Å². The fourth-order valence-corrected chi connectivity index (χ4v) is 1.71. The second-order valence-electron chi connectivity index (χ2n) is 4.41. The third-order valence-electron chi connectivity index (χ3n) is 2.79. The number of nitrogens with zero attached hydrogens (tertiary/aromatic N) is 1. The number of hydrogen-bond acceptors (Lipinski definition) is 3. The van der Waals surface area contributed by atoms with E-state index in [0.29, 0.717) is 12.2 Å². The van der Waals surface area contributed by atoms with E-state index in [4.69, 9.17) is 10.8 Å². The maximum Gasteiger partial charge on any atom is 0.303 e. The van der Waals surface area contributed by atoms with Crippen LogP contribution in [0.15, 0.2) is 24.3 Å². The average Bonchev–Trinajstić information content (AvgIpc) is 2.71. The molecule has 4 N–H and O–H groups in total. The molecule has 2 aromatic rings.